The molecule has 3 heterocycles. The van der Waals surface area contributed by atoms with Crippen LogP contribution in [0.1, 0.15) is 43.1 Å². The van der Waals surface area contributed by atoms with Crippen molar-refractivity contribution >= 4 is 40.5 Å². The van der Waals surface area contributed by atoms with Gasteiger partial charge in [-0.1, -0.05) is 42.8 Å². The lowest BCUT2D eigenvalue weighted by atomic mass is 9.85. The number of carbonyl (C=O) groups excluding carboxylic acids is 3. The first-order valence-corrected chi connectivity index (χ1v) is 11.5. The van der Waals surface area contributed by atoms with Gasteiger partial charge in [-0.3, -0.25) is 19.3 Å². The van der Waals surface area contributed by atoms with Crippen molar-refractivity contribution in [1.82, 2.24) is 4.90 Å². The molecule has 2 saturated heterocycles. The highest BCUT2D eigenvalue weighted by molar-refractivity contribution is 6.30. The second kappa shape index (κ2) is 7.59. The first-order chi connectivity index (χ1) is 15.3. The highest BCUT2D eigenvalue weighted by atomic mass is 35.5. The molecule has 2 amide bonds. The van der Waals surface area contributed by atoms with Gasteiger partial charge in [-0.25, -0.2) is 0 Å². The number of nitrogens with zero attached hydrogens (tertiary/aromatic N) is 2. The third-order valence-corrected chi connectivity index (χ3v) is 7.47. The standard InChI is InChI=1S/C26H25ClN2O3/c1-4-15(3)28-25(31)21-20-13-14(2)18-7-5-6-8-19(18)29(20)23(22(21)26(28)32)24(30)16-9-11-17(27)12-10-16/h5-13,15,20-23H,4H2,1-3H3/t15-,20+,21+,22-,23+/m1/s1. The molecule has 2 aromatic carbocycles. The topological polar surface area (TPSA) is 57.7 Å². The van der Waals surface area contributed by atoms with Gasteiger partial charge in [-0.05, 0) is 56.2 Å². The molecule has 0 aromatic heterocycles. The van der Waals surface area contributed by atoms with Crippen molar-refractivity contribution in [2.45, 2.75) is 45.3 Å². The van der Waals surface area contributed by atoms with Gasteiger partial charge >= 0.3 is 0 Å². The van der Waals surface area contributed by atoms with Crippen LogP contribution < -0.4 is 4.90 Å². The van der Waals surface area contributed by atoms with E-state index in [9.17, 15) is 14.4 Å². The molecule has 0 radical (unpaired) electrons. The van der Waals surface area contributed by atoms with E-state index in [2.05, 4.69) is 6.08 Å². The Morgan fingerprint density at radius 3 is 2.38 bits per heavy atom. The molecular weight excluding hydrogens is 424 g/mol. The van der Waals surface area contributed by atoms with Crippen LogP contribution in [0.4, 0.5) is 5.69 Å². The molecule has 6 heteroatoms. The molecule has 0 spiro atoms. The molecule has 0 N–H and O–H groups in total. The van der Waals surface area contributed by atoms with Gasteiger partial charge in [-0.15, -0.1) is 0 Å². The summed E-state index contributed by atoms with van der Waals surface area (Å²) in [4.78, 5) is 44.4. The van der Waals surface area contributed by atoms with Crippen LogP contribution in [0.2, 0.25) is 5.02 Å². The van der Waals surface area contributed by atoms with E-state index in [-0.39, 0.29) is 29.7 Å². The van der Waals surface area contributed by atoms with E-state index in [1.54, 1.807) is 24.3 Å². The number of carbonyl (C=O) groups is 3. The summed E-state index contributed by atoms with van der Waals surface area (Å²) in [6, 6.07) is 13.4. The number of likely N-dealkylation sites (tertiary alicyclic amines) is 1. The van der Waals surface area contributed by atoms with E-state index in [1.807, 2.05) is 49.9 Å². The number of rotatable bonds is 4. The van der Waals surface area contributed by atoms with Gasteiger partial charge < -0.3 is 4.90 Å². The highest BCUT2D eigenvalue weighted by Gasteiger charge is 2.64. The van der Waals surface area contributed by atoms with Crippen LogP contribution in [0, 0.1) is 11.8 Å². The minimum atomic E-state index is -0.748. The summed E-state index contributed by atoms with van der Waals surface area (Å²) in [5, 5.41) is 0.542. The number of benzene rings is 2. The van der Waals surface area contributed by atoms with E-state index < -0.39 is 17.9 Å². The number of fused-ring (bicyclic) bond motifs is 5. The number of halogens is 1. The second-order valence-electron chi connectivity index (χ2n) is 8.94. The van der Waals surface area contributed by atoms with Gasteiger partial charge in [-0.2, -0.15) is 0 Å². The number of imide groups is 1. The Bertz CT molecular complexity index is 1160. The molecule has 0 saturated carbocycles. The lowest BCUT2D eigenvalue weighted by molar-refractivity contribution is -0.142. The number of allylic oxidation sites excluding steroid dienone is 1. The van der Waals surface area contributed by atoms with Gasteiger partial charge in [0.15, 0.2) is 5.78 Å². The maximum absolute atomic E-state index is 13.9. The molecule has 0 bridgehead atoms. The Morgan fingerprint density at radius 2 is 1.69 bits per heavy atom. The number of hydrogen-bond acceptors (Lipinski definition) is 4. The SMILES string of the molecule is CC[C@@H](C)N1C(=O)[C@@H]2[C@@H](C1=O)[C@@H]1C=C(C)c3ccccc3N1[C@@H]2C(=O)c1ccc(Cl)cc1. The van der Waals surface area contributed by atoms with Crippen LogP contribution in [0.25, 0.3) is 5.57 Å². The first kappa shape index (κ1) is 21.0. The van der Waals surface area contributed by atoms with Gasteiger partial charge in [0, 0.05) is 27.9 Å². The number of anilines is 1. The van der Waals surface area contributed by atoms with E-state index in [0.29, 0.717) is 17.0 Å². The zero-order chi connectivity index (χ0) is 22.7. The van der Waals surface area contributed by atoms with Gasteiger partial charge in [0.2, 0.25) is 11.8 Å². The smallest absolute Gasteiger partial charge is 0.236 e. The highest BCUT2D eigenvalue weighted by Crippen LogP contribution is 2.50. The maximum atomic E-state index is 13.9. The molecule has 5 atom stereocenters. The Balaban J connectivity index is 1.68. The van der Waals surface area contributed by atoms with Crippen LogP contribution in [-0.4, -0.2) is 40.6 Å². The molecule has 32 heavy (non-hydrogen) atoms. The van der Waals surface area contributed by atoms with Crippen molar-refractivity contribution in [2.75, 3.05) is 4.90 Å². The number of para-hydroxylation sites is 1. The molecular formula is C26H25ClN2O3. The van der Waals surface area contributed by atoms with Gasteiger partial charge in [0.05, 0.1) is 17.9 Å². The third-order valence-electron chi connectivity index (χ3n) is 7.22. The molecule has 5 nitrogen and oxygen atoms in total. The molecule has 3 aliphatic heterocycles. The predicted octanol–water partition coefficient (Wildman–Crippen LogP) is 4.60. The summed E-state index contributed by atoms with van der Waals surface area (Å²) in [5.41, 5.74) is 3.47. The third kappa shape index (κ3) is 2.87. The molecule has 0 unspecified atom stereocenters. The quantitative estimate of drug-likeness (QED) is 0.506. The lowest BCUT2D eigenvalue weighted by Gasteiger charge is -2.38. The Hall–Kier alpha value is -2.92. The largest absolute Gasteiger partial charge is 0.352 e. The van der Waals surface area contributed by atoms with Crippen molar-refractivity contribution < 1.29 is 14.4 Å². The summed E-state index contributed by atoms with van der Waals surface area (Å²) >= 11 is 6.04. The summed E-state index contributed by atoms with van der Waals surface area (Å²) in [5.74, 6) is -1.84. The molecule has 2 aromatic rings. The minimum Gasteiger partial charge on any atom is -0.352 e. The van der Waals surface area contributed by atoms with E-state index in [1.165, 1.54) is 4.90 Å². The van der Waals surface area contributed by atoms with E-state index in [4.69, 9.17) is 11.6 Å². The van der Waals surface area contributed by atoms with Crippen molar-refractivity contribution in [2.24, 2.45) is 11.8 Å². The van der Waals surface area contributed by atoms with Gasteiger partial charge in [0.25, 0.3) is 0 Å². The maximum Gasteiger partial charge on any atom is 0.236 e. The fourth-order valence-corrected chi connectivity index (χ4v) is 5.65. The van der Waals surface area contributed by atoms with Crippen LogP contribution in [0.5, 0.6) is 0 Å². The first-order valence-electron chi connectivity index (χ1n) is 11.1. The molecule has 0 aliphatic carbocycles. The molecule has 2 fully saturated rings. The van der Waals surface area contributed by atoms with Crippen molar-refractivity contribution in [3.05, 3.63) is 70.8 Å². The lowest BCUT2D eigenvalue weighted by Crippen LogP contribution is -2.50. The van der Waals surface area contributed by atoms with Crippen molar-refractivity contribution in [3.8, 4) is 0 Å². The van der Waals surface area contributed by atoms with Crippen molar-refractivity contribution in [1.29, 1.82) is 0 Å². The Kier molecular flexibility index (Phi) is 4.97. The second-order valence-corrected chi connectivity index (χ2v) is 9.37. The fourth-order valence-electron chi connectivity index (χ4n) is 5.52. The van der Waals surface area contributed by atoms with Crippen LogP contribution in [0.15, 0.2) is 54.6 Å². The predicted molar refractivity (Wildman–Crippen MR) is 125 cm³/mol. The zero-order valence-corrected chi connectivity index (χ0v) is 19.0. The van der Waals surface area contributed by atoms with Crippen LogP contribution in [0.3, 0.4) is 0 Å². The summed E-state index contributed by atoms with van der Waals surface area (Å²) in [6.45, 7) is 5.87. The average molecular weight is 449 g/mol. The molecule has 5 rings (SSSR count). The molecule has 164 valence electrons. The minimum absolute atomic E-state index is 0.158. The monoisotopic (exact) mass is 448 g/mol. The average Bonchev–Trinajstić information content (AvgIpc) is 3.26. The summed E-state index contributed by atoms with van der Waals surface area (Å²) in [7, 11) is 0. The normalized spacial score (nSPS) is 27.1. The zero-order valence-electron chi connectivity index (χ0n) is 18.3. The number of Topliss-reactive ketones (excluding diaryl/α,β-unsaturated/α-hetero) is 1. The van der Waals surface area contributed by atoms with Gasteiger partial charge in [0.1, 0.15) is 6.04 Å². The van der Waals surface area contributed by atoms with Crippen LogP contribution in [-0.2, 0) is 9.59 Å². The number of hydrogen-bond donors (Lipinski definition) is 0. The van der Waals surface area contributed by atoms with Crippen LogP contribution >= 0.6 is 11.6 Å². The van der Waals surface area contributed by atoms with Crippen molar-refractivity contribution in [3.63, 3.8) is 0 Å². The Morgan fingerprint density at radius 1 is 1.03 bits per heavy atom. The number of ketones is 1. The number of amides is 2. The van der Waals surface area contributed by atoms with E-state index >= 15 is 0 Å². The molecule has 3 aliphatic rings. The summed E-state index contributed by atoms with van der Waals surface area (Å²) < 4.78 is 0. The Labute approximate surface area is 192 Å². The summed E-state index contributed by atoms with van der Waals surface area (Å²) in [6.07, 6.45) is 2.74. The fraction of sp³-hybridized carbons (Fsp3) is 0.346. The van der Waals surface area contributed by atoms with E-state index in [0.717, 1.165) is 16.8 Å².